The van der Waals surface area contributed by atoms with Crippen LogP contribution in [0.2, 0.25) is 0 Å². The summed E-state index contributed by atoms with van der Waals surface area (Å²) in [6.45, 7) is 3.59. The first-order valence-electron chi connectivity index (χ1n) is 9.46. The van der Waals surface area contributed by atoms with Gasteiger partial charge in [0.05, 0.1) is 6.04 Å². The first-order valence-corrected chi connectivity index (χ1v) is 9.46. The molecule has 0 unspecified atom stereocenters. The maximum absolute atomic E-state index is 12.7. The lowest BCUT2D eigenvalue weighted by Crippen LogP contribution is -2.61. The molecular formula is C18H31N3O4. The molecule has 0 aromatic carbocycles. The van der Waals surface area contributed by atoms with Gasteiger partial charge in [-0.05, 0) is 31.6 Å². The standard InChI is InChI=1S/C18H31N3O4/c1-12(2)14(15(22)16(23)19-13-8-4-5-9-13)20-17(24)18(21-25)10-6-3-7-11-18/h12-14,21,25H,3-11H2,1-2H3,(H,19,23)(H,20,24)/t14-/m0/s1. The van der Waals surface area contributed by atoms with Crippen molar-refractivity contribution in [1.82, 2.24) is 16.1 Å². The summed E-state index contributed by atoms with van der Waals surface area (Å²) in [6, 6.07) is -0.829. The third kappa shape index (κ3) is 4.79. The summed E-state index contributed by atoms with van der Waals surface area (Å²) in [5.41, 5.74) is 1.10. The number of hydrogen-bond acceptors (Lipinski definition) is 5. The van der Waals surface area contributed by atoms with Crippen LogP contribution in [0.25, 0.3) is 0 Å². The van der Waals surface area contributed by atoms with E-state index in [2.05, 4.69) is 16.1 Å². The highest BCUT2D eigenvalue weighted by Gasteiger charge is 2.42. The smallest absolute Gasteiger partial charge is 0.289 e. The van der Waals surface area contributed by atoms with Crippen LogP contribution in [0.1, 0.15) is 71.6 Å². The van der Waals surface area contributed by atoms with Crippen LogP contribution in [-0.2, 0) is 14.4 Å². The Morgan fingerprint density at radius 1 is 1.00 bits per heavy atom. The Labute approximate surface area is 149 Å². The molecule has 7 nitrogen and oxygen atoms in total. The van der Waals surface area contributed by atoms with Gasteiger partial charge < -0.3 is 15.8 Å². The molecule has 142 valence electrons. The van der Waals surface area contributed by atoms with Gasteiger partial charge in [-0.15, -0.1) is 0 Å². The first kappa shape index (κ1) is 19.8. The summed E-state index contributed by atoms with van der Waals surface area (Å²) in [7, 11) is 0. The zero-order valence-corrected chi connectivity index (χ0v) is 15.3. The van der Waals surface area contributed by atoms with Crippen LogP contribution < -0.4 is 16.1 Å². The molecule has 0 heterocycles. The van der Waals surface area contributed by atoms with Gasteiger partial charge in [-0.25, -0.2) is 0 Å². The minimum Gasteiger partial charge on any atom is -0.347 e. The van der Waals surface area contributed by atoms with Gasteiger partial charge in [0.1, 0.15) is 5.54 Å². The third-order valence-corrected chi connectivity index (χ3v) is 5.51. The Kier molecular flexibility index (Phi) is 6.95. The van der Waals surface area contributed by atoms with Gasteiger partial charge in [0.2, 0.25) is 11.7 Å². The lowest BCUT2D eigenvalue weighted by Gasteiger charge is -2.36. The maximum atomic E-state index is 12.7. The Balaban J connectivity index is 2.02. The molecule has 4 N–H and O–H groups in total. The first-order chi connectivity index (χ1) is 11.9. The van der Waals surface area contributed by atoms with Gasteiger partial charge in [-0.1, -0.05) is 46.0 Å². The van der Waals surface area contributed by atoms with E-state index in [9.17, 15) is 19.6 Å². The van der Waals surface area contributed by atoms with E-state index >= 15 is 0 Å². The van der Waals surface area contributed by atoms with Gasteiger partial charge in [0.25, 0.3) is 5.91 Å². The number of amides is 2. The Morgan fingerprint density at radius 2 is 1.60 bits per heavy atom. The number of rotatable bonds is 7. The Morgan fingerprint density at radius 3 is 2.12 bits per heavy atom. The van der Waals surface area contributed by atoms with Crippen LogP contribution in [-0.4, -0.2) is 40.4 Å². The molecule has 2 fully saturated rings. The summed E-state index contributed by atoms with van der Waals surface area (Å²) in [5.74, 6) is -1.86. The molecule has 0 aromatic heterocycles. The molecule has 2 rings (SSSR count). The fourth-order valence-corrected chi connectivity index (χ4v) is 3.83. The fourth-order valence-electron chi connectivity index (χ4n) is 3.83. The van der Waals surface area contributed by atoms with Crippen molar-refractivity contribution in [2.24, 2.45) is 5.92 Å². The third-order valence-electron chi connectivity index (χ3n) is 5.51. The minimum atomic E-state index is -1.06. The second kappa shape index (κ2) is 8.76. The van der Waals surface area contributed by atoms with E-state index in [-0.39, 0.29) is 12.0 Å². The van der Waals surface area contributed by atoms with Crippen LogP contribution in [0.3, 0.4) is 0 Å². The van der Waals surface area contributed by atoms with Crippen molar-refractivity contribution in [3.8, 4) is 0 Å². The fraction of sp³-hybridized carbons (Fsp3) is 0.833. The molecule has 2 aliphatic carbocycles. The predicted molar refractivity (Wildman–Crippen MR) is 92.9 cm³/mol. The van der Waals surface area contributed by atoms with Gasteiger partial charge in [-0.2, -0.15) is 5.48 Å². The Bertz CT molecular complexity index is 495. The van der Waals surface area contributed by atoms with E-state index in [0.717, 1.165) is 44.9 Å². The topological polar surface area (TPSA) is 108 Å². The summed E-state index contributed by atoms with van der Waals surface area (Å²) < 4.78 is 0. The molecule has 0 aromatic rings. The quantitative estimate of drug-likeness (QED) is 0.409. The molecule has 25 heavy (non-hydrogen) atoms. The zero-order valence-electron chi connectivity index (χ0n) is 15.3. The summed E-state index contributed by atoms with van der Waals surface area (Å²) in [5, 5.41) is 15.0. The molecule has 0 radical (unpaired) electrons. The number of carbonyl (C=O) groups is 3. The monoisotopic (exact) mass is 353 g/mol. The molecule has 1 atom stereocenters. The van der Waals surface area contributed by atoms with Crippen molar-refractivity contribution in [2.75, 3.05) is 0 Å². The summed E-state index contributed by atoms with van der Waals surface area (Å²) >= 11 is 0. The molecule has 2 aliphatic rings. The number of hydroxylamine groups is 1. The highest BCUT2D eigenvalue weighted by atomic mass is 16.5. The van der Waals surface area contributed by atoms with Crippen LogP contribution in [0.4, 0.5) is 0 Å². The molecular weight excluding hydrogens is 322 g/mol. The molecule has 0 bridgehead atoms. The second-order valence-electron chi connectivity index (χ2n) is 7.77. The normalized spacial score (nSPS) is 21.8. The predicted octanol–water partition coefficient (Wildman–Crippen LogP) is 1.44. The SMILES string of the molecule is CC(C)[C@H](NC(=O)C1(NO)CCCCC1)C(=O)C(=O)NC1CCCC1. The molecule has 2 amide bonds. The average Bonchev–Trinajstić information content (AvgIpc) is 3.12. The van der Waals surface area contributed by atoms with E-state index in [1.54, 1.807) is 13.8 Å². The van der Waals surface area contributed by atoms with Crippen molar-refractivity contribution in [3.63, 3.8) is 0 Å². The number of nitrogens with one attached hydrogen (secondary N) is 3. The zero-order chi connectivity index (χ0) is 18.4. The van der Waals surface area contributed by atoms with Gasteiger partial charge >= 0.3 is 0 Å². The van der Waals surface area contributed by atoms with Crippen molar-refractivity contribution in [1.29, 1.82) is 0 Å². The molecule has 0 spiro atoms. The van der Waals surface area contributed by atoms with E-state index in [1.807, 2.05) is 0 Å². The summed E-state index contributed by atoms with van der Waals surface area (Å²) in [4.78, 5) is 37.6. The van der Waals surface area contributed by atoms with Gasteiger partial charge in [0, 0.05) is 6.04 Å². The van der Waals surface area contributed by atoms with Crippen LogP contribution in [0.15, 0.2) is 0 Å². The van der Waals surface area contributed by atoms with Gasteiger partial charge in [-0.3, -0.25) is 14.4 Å². The van der Waals surface area contributed by atoms with Crippen molar-refractivity contribution < 1.29 is 19.6 Å². The van der Waals surface area contributed by atoms with Crippen molar-refractivity contribution in [3.05, 3.63) is 0 Å². The number of hydrogen-bond donors (Lipinski definition) is 4. The van der Waals surface area contributed by atoms with E-state index < -0.39 is 29.2 Å². The van der Waals surface area contributed by atoms with E-state index in [0.29, 0.717) is 12.8 Å². The minimum absolute atomic E-state index is 0.0590. The lowest BCUT2D eigenvalue weighted by molar-refractivity contribution is -0.143. The molecule has 0 aliphatic heterocycles. The van der Waals surface area contributed by atoms with E-state index in [1.165, 1.54) is 0 Å². The largest absolute Gasteiger partial charge is 0.347 e. The van der Waals surface area contributed by atoms with Crippen molar-refractivity contribution >= 4 is 17.6 Å². The summed E-state index contributed by atoms with van der Waals surface area (Å²) in [6.07, 6.45) is 7.65. The number of Topliss-reactive ketones (excluding diaryl/α,β-unsaturated/α-hetero) is 1. The van der Waals surface area contributed by atoms with Crippen LogP contribution >= 0.6 is 0 Å². The van der Waals surface area contributed by atoms with Crippen LogP contribution in [0.5, 0.6) is 0 Å². The Hall–Kier alpha value is -1.47. The molecule has 0 saturated heterocycles. The highest BCUT2D eigenvalue weighted by molar-refractivity contribution is 6.38. The number of carbonyl (C=O) groups excluding carboxylic acids is 3. The average molecular weight is 353 g/mol. The van der Waals surface area contributed by atoms with Crippen LogP contribution in [0, 0.1) is 5.92 Å². The van der Waals surface area contributed by atoms with Gasteiger partial charge in [0.15, 0.2) is 0 Å². The number of ketones is 1. The highest BCUT2D eigenvalue weighted by Crippen LogP contribution is 2.28. The van der Waals surface area contributed by atoms with Crippen molar-refractivity contribution in [2.45, 2.75) is 89.3 Å². The lowest BCUT2D eigenvalue weighted by atomic mass is 9.81. The second-order valence-corrected chi connectivity index (χ2v) is 7.77. The molecule has 7 heteroatoms. The van der Waals surface area contributed by atoms with E-state index in [4.69, 9.17) is 0 Å². The molecule has 2 saturated carbocycles. The maximum Gasteiger partial charge on any atom is 0.289 e.